The van der Waals surface area contributed by atoms with Crippen molar-refractivity contribution in [2.75, 3.05) is 13.2 Å². The van der Waals surface area contributed by atoms with Crippen LogP contribution in [0, 0.1) is 0 Å². The van der Waals surface area contributed by atoms with E-state index in [1.165, 1.54) is 0 Å². The van der Waals surface area contributed by atoms with Gasteiger partial charge in [-0.2, -0.15) is 0 Å². The quantitative estimate of drug-likeness (QED) is 0.768. The maximum Gasteiger partial charge on any atom is 0.322 e. The van der Waals surface area contributed by atoms with Crippen LogP contribution in [0.2, 0.25) is 0 Å². The number of aliphatic carboxylic acids is 1. The van der Waals surface area contributed by atoms with Crippen LogP contribution >= 0.6 is 0 Å². The molecule has 0 radical (unpaired) electrons. The summed E-state index contributed by atoms with van der Waals surface area (Å²) in [6, 6.07) is 7.43. The molecule has 1 aromatic carbocycles. The molecule has 5 nitrogen and oxygen atoms in total. The fourth-order valence-electron chi connectivity index (χ4n) is 1.23. The Morgan fingerprint density at radius 2 is 2.18 bits per heavy atom. The number of hydrogen-bond donors (Lipinski definition) is 2. The van der Waals surface area contributed by atoms with Crippen molar-refractivity contribution < 1.29 is 19.4 Å². The van der Waals surface area contributed by atoms with Gasteiger partial charge in [0.2, 0.25) is 0 Å². The van der Waals surface area contributed by atoms with Crippen molar-refractivity contribution in [1.82, 2.24) is 5.32 Å². The molecule has 0 saturated carbocycles. The van der Waals surface area contributed by atoms with Crippen LogP contribution in [0.5, 0.6) is 5.75 Å². The lowest BCUT2D eigenvalue weighted by atomic mass is 10.2. The predicted molar refractivity (Wildman–Crippen MR) is 62.0 cm³/mol. The van der Waals surface area contributed by atoms with Crippen LogP contribution in [-0.4, -0.2) is 30.1 Å². The van der Waals surface area contributed by atoms with Gasteiger partial charge in [0.05, 0.1) is 0 Å². The van der Waals surface area contributed by atoms with Crippen LogP contribution in [0.25, 0.3) is 0 Å². The van der Waals surface area contributed by atoms with Gasteiger partial charge in [-0.25, -0.2) is 0 Å². The third-order valence-electron chi connectivity index (χ3n) is 2.11. The summed E-state index contributed by atoms with van der Waals surface area (Å²) in [5.74, 6) is -0.921. The van der Waals surface area contributed by atoms with Crippen molar-refractivity contribution in [3.05, 3.63) is 29.8 Å². The maximum absolute atomic E-state index is 11.2. The van der Waals surface area contributed by atoms with Crippen molar-refractivity contribution in [1.29, 1.82) is 0 Å². The molecule has 0 aliphatic rings. The molecule has 0 atom stereocenters. The highest BCUT2D eigenvalue weighted by atomic mass is 16.5. The Labute approximate surface area is 99.4 Å². The molecule has 1 rings (SSSR count). The third-order valence-corrected chi connectivity index (χ3v) is 2.11. The zero-order valence-electron chi connectivity index (χ0n) is 9.60. The first-order chi connectivity index (χ1) is 8.11. The Morgan fingerprint density at radius 1 is 1.41 bits per heavy atom. The van der Waals surface area contributed by atoms with Crippen molar-refractivity contribution >= 4 is 11.9 Å². The molecule has 0 bridgehead atoms. The lowest BCUT2D eigenvalue weighted by molar-refractivity contribution is -0.138. The first-order valence-electron chi connectivity index (χ1n) is 5.32. The van der Waals surface area contributed by atoms with E-state index < -0.39 is 18.4 Å². The first kappa shape index (κ1) is 13.0. The van der Waals surface area contributed by atoms with Crippen LogP contribution in [0.15, 0.2) is 24.3 Å². The number of aryl methyl sites for hydroxylation is 1. The molecule has 0 unspecified atom stereocenters. The molecule has 2 N–H and O–H groups in total. The normalized spacial score (nSPS) is 9.71. The summed E-state index contributed by atoms with van der Waals surface area (Å²) >= 11 is 0. The molecule has 0 heterocycles. The number of nitrogens with one attached hydrogen (secondary N) is 1. The number of carbonyl (C=O) groups is 2. The highest BCUT2D eigenvalue weighted by Gasteiger charge is 2.04. The van der Waals surface area contributed by atoms with Gasteiger partial charge in [0.1, 0.15) is 12.3 Å². The second-order valence-corrected chi connectivity index (χ2v) is 3.46. The minimum absolute atomic E-state index is 0.180. The monoisotopic (exact) mass is 237 g/mol. The van der Waals surface area contributed by atoms with Gasteiger partial charge in [0, 0.05) is 0 Å². The summed E-state index contributed by atoms with van der Waals surface area (Å²) in [6.07, 6.45) is 0.891. The van der Waals surface area contributed by atoms with Crippen LogP contribution < -0.4 is 10.1 Å². The number of amides is 1. The molecule has 17 heavy (non-hydrogen) atoms. The van der Waals surface area contributed by atoms with E-state index in [0.717, 1.165) is 12.0 Å². The molecule has 0 aliphatic carbocycles. The minimum atomic E-state index is -1.08. The summed E-state index contributed by atoms with van der Waals surface area (Å²) in [7, 11) is 0. The molecule has 0 spiro atoms. The number of carbonyl (C=O) groups excluding carboxylic acids is 1. The molecule has 0 saturated heterocycles. The Hall–Kier alpha value is -2.04. The van der Waals surface area contributed by atoms with Crippen LogP contribution in [-0.2, 0) is 16.0 Å². The van der Waals surface area contributed by atoms with Crippen molar-refractivity contribution in [2.24, 2.45) is 0 Å². The standard InChI is InChI=1S/C12H15NO4/c1-2-9-4-3-5-10(6-9)17-8-11(14)13-7-12(15)16/h3-6H,2,7-8H2,1H3,(H,13,14)(H,15,16). The summed E-state index contributed by atoms with van der Waals surface area (Å²) in [4.78, 5) is 21.4. The van der Waals surface area contributed by atoms with E-state index in [9.17, 15) is 9.59 Å². The van der Waals surface area contributed by atoms with E-state index in [4.69, 9.17) is 9.84 Å². The predicted octanol–water partition coefficient (Wildman–Crippen LogP) is 0.829. The van der Waals surface area contributed by atoms with Crippen molar-refractivity contribution in [3.63, 3.8) is 0 Å². The number of carboxylic acids is 1. The number of benzene rings is 1. The van der Waals surface area contributed by atoms with Crippen LogP contribution in [0.1, 0.15) is 12.5 Å². The van der Waals surface area contributed by atoms with Gasteiger partial charge in [-0.15, -0.1) is 0 Å². The molecule has 5 heteroatoms. The fourth-order valence-corrected chi connectivity index (χ4v) is 1.23. The molecule has 0 aromatic heterocycles. The van der Waals surface area contributed by atoms with E-state index >= 15 is 0 Å². The van der Waals surface area contributed by atoms with Gasteiger partial charge in [-0.05, 0) is 24.1 Å². The molecule has 0 fully saturated rings. The second-order valence-electron chi connectivity index (χ2n) is 3.46. The minimum Gasteiger partial charge on any atom is -0.484 e. The van der Waals surface area contributed by atoms with Crippen LogP contribution in [0.3, 0.4) is 0 Å². The van der Waals surface area contributed by atoms with E-state index in [1.54, 1.807) is 6.07 Å². The van der Waals surface area contributed by atoms with E-state index in [2.05, 4.69) is 5.32 Å². The number of hydrogen-bond acceptors (Lipinski definition) is 3. The third kappa shape index (κ3) is 5.01. The Kier molecular flexibility index (Phi) is 5.00. The molecular weight excluding hydrogens is 222 g/mol. The number of ether oxygens (including phenoxy) is 1. The maximum atomic E-state index is 11.2. The zero-order chi connectivity index (χ0) is 12.7. The van der Waals surface area contributed by atoms with Gasteiger partial charge < -0.3 is 15.2 Å². The first-order valence-corrected chi connectivity index (χ1v) is 5.32. The fraction of sp³-hybridized carbons (Fsp3) is 0.333. The van der Waals surface area contributed by atoms with Crippen molar-refractivity contribution in [3.8, 4) is 5.75 Å². The Balaban J connectivity index is 2.39. The lowest BCUT2D eigenvalue weighted by Crippen LogP contribution is -2.33. The lowest BCUT2D eigenvalue weighted by Gasteiger charge is -2.07. The Bertz CT molecular complexity index is 403. The SMILES string of the molecule is CCc1cccc(OCC(=O)NCC(=O)O)c1. The van der Waals surface area contributed by atoms with Gasteiger partial charge in [-0.1, -0.05) is 19.1 Å². The number of rotatable bonds is 6. The highest BCUT2D eigenvalue weighted by Crippen LogP contribution is 2.13. The van der Waals surface area contributed by atoms with E-state index in [-0.39, 0.29) is 6.61 Å². The molecular formula is C12H15NO4. The largest absolute Gasteiger partial charge is 0.484 e. The average Bonchev–Trinajstić information content (AvgIpc) is 2.34. The molecule has 1 amide bonds. The molecule has 0 aliphatic heterocycles. The topological polar surface area (TPSA) is 75.6 Å². The van der Waals surface area contributed by atoms with Crippen molar-refractivity contribution in [2.45, 2.75) is 13.3 Å². The Morgan fingerprint density at radius 3 is 2.82 bits per heavy atom. The number of carboxylic acid groups (broad SMARTS) is 1. The zero-order valence-corrected chi connectivity index (χ0v) is 9.60. The summed E-state index contributed by atoms with van der Waals surface area (Å²) in [5.41, 5.74) is 1.12. The second kappa shape index (κ2) is 6.52. The van der Waals surface area contributed by atoms with Gasteiger partial charge in [-0.3, -0.25) is 9.59 Å². The van der Waals surface area contributed by atoms with E-state index in [1.807, 2.05) is 25.1 Å². The smallest absolute Gasteiger partial charge is 0.322 e. The average molecular weight is 237 g/mol. The summed E-state index contributed by atoms with van der Waals surface area (Å²) in [6.45, 7) is 1.45. The highest BCUT2D eigenvalue weighted by molar-refractivity contribution is 5.82. The molecule has 1 aromatic rings. The van der Waals surface area contributed by atoms with Gasteiger partial charge >= 0.3 is 5.97 Å². The van der Waals surface area contributed by atoms with Gasteiger partial charge in [0.25, 0.3) is 5.91 Å². The summed E-state index contributed by atoms with van der Waals surface area (Å²) in [5, 5.41) is 10.6. The van der Waals surface area contributed by atoms with E-state index in [0.29, 0.717) is 5.75 Å². The van der Waals surface area contributed by atoms with Gasteiger partial charge in [0.15, 0.2) is 6.61 Å². The van der Waals surface area contributed by atoms with Crippen LogP contribution in [0.4, 0.5) is 0 Å². The summed E-state index contributed by atoms with van der Waals surface area (Å²) < 4.78 is 5.24. The molecule has 92 valence electrons.